The number of aromatic hydroxyl groups is 1. The van der Waals surface area contributed by atoms with Crippen molar-refractivity contribution in [2.75, 3.05) is 0 Å². The lowest BCUT2D eigenvalue weighted by Crippen LogP contribution is -2.28. The Morgan fingerprint density at radius 3 is 2.54 bits per heavy atom. The number of benzene rings is 1. The Morgan fingerprint density at radius 1 is 1.23 bits per heavy atom. The smallest absolute Gasteiger partial charge is 0.176 e. The highest BCUT2D eigenvalue weighted by molar-refractivity contribution is 6.74. The Labute approximate surface area is 79.9 Å². The van der Waals surface area contributed by atoms with Crippen LogP contribution in [-0.2, 0) is 0 Å². The van der Waals surface area contributed by atoms with E-state index in [4.69, 9.17) is 0 Å². The van der Waals surface area contributed by atoms with Crippen molar-refractivity contribution in [3.05, 3.63) is 23.8 Å². The highest BCUT2D eigenvalue weighted by atomic mass is 16.3. The largest absolute Gasteiger partial charge is 0.508 e. The molecule has 0 amide bonds. The summed E-state index contributed by atoms with van der Waals surface area (Å²) < 4.78 is 0. The van der Waals surface area contributed by atoms with Gasteiger partial charge in [-0.15, -0.1) is 0 Å². The Kier molecular flexibility index (Phi) is 2.30. The number of phenolic OH excluding ortho intramolecular Hbond substituents is 1. The molecule has 0 unspecified atom stereocenters. The van der Waals surface area contributed by atoms with Crippen LogP contribution in [0.15, 0.2) is 18.2 Å². The average Bonchev–Trinajstić information content (AvgIpc) is 2.56. The molecule has 1 saturated heterocycles. The van der Waals surface area contributed by atoms with Gasteiger partial charge in [0, 0.05) is 0 Å². The molecule has 1 aliphatic rings. The molecular formula is C11H15BO. The maximum Gasteiger partial charge on any atom is 0.176 e. The van der Waals surface area contributed by atoms with Gasteiger partial charge >= 0.3 is 0 Å². The summed E-state index contributed by atoms with van der Waals surface area (Å²) in [5, 5.41) is 9.28. The summed E-state index contributed by atoms with van der Waals surface area (Å²) in [4.78, 5) is 0. The lowest BCUT2D eigenvalue weighted by Gasteiger charge is -2.09. The van der Waals surface area contributed by atoms with Gasteiger partial charge in [-0.1, -0.05) is 42.6 Å². The van der Waals surface area contributed by atoms with E-state index in [0.29, 0.717) is 5.75 Å². The molecule has 1 aromatic rings. The lowest BCUT2D eigenvalue weighted by molar-refractivity contribution is 0.475. The zero-order chi connectivity index (χ0) is 9.26. The molecule has 1 aromatic carbocycles. The summed E-state index contributed by atoms with van der Waals surface area (Å²) in [5.74, 6) is 0.388. The highest BCUT2D eigenvalue weighted by Crippen LogP contribution is 2.21. The summed E-state index contributed by atoms with van der Waals surface area (Å²) in [6.07, 6.45) is 5.38. The summed E-state index contributed by atoms with van der Waals surface area (Å²) in [6.45, 7) is 2.84. The third kappa shape index (κ3) is 1.72. The first-order valence-corrected chi connectivity index (χ1v) is 5.07. The number of hydrogen-bond donors (Lipinski definition) is 1. The monoisotopic (exact) mass is 174 g/mol. The molecule has 0 aromatic heterocycles. The fraction of sp³-hybridized carbons (Fsp3) is 0.455. The van der Waals surface area contributed by atoms with Crippen molar-refractivity contribution in [3.8, 4) is 5.75 Å². The molecule has 2 rings (SSSR count). The third-order valence-corrected chi connectivity index (χ3v) is 3.05. The Bertz CT molecular complexity index is 303. The second-order valence-corrected chi connectivity index (χ2v) is 4.02. The van der Waals surface area contributed by atoms with Gasteiger partial charge in [-0.3, -0.25) is 0 Å². The Morgan fingerprint density at radius 2 is 1.92 bits per heavy atom. The van der Waals surface area contributed by atoms with Crippen LogP contribution in [0.1, 0.15) is 18.4 Å². The normalized spacial score (nSPS) is 16.5. The van der Waals surface area contributed by atoms with Crippen LogP contribution in [0.3, 0.4) is 0 Å². The Balaban J connectivity index is 2.29. The first kappa shape index (κ1) is 8.67. The van der Waals surface area contributed by atoms with Crippen LogP contribution < -0.4 is 5.46 Å². The van der Waals surface area contributed by atoms with Crippen molar-refractivity contribution < 1.29 is 5.11 Å². The van der Waals surface area contributed by atoms with Gasteiger partial charge in [-0.25, -0.2) is 0 Å². The minimum absolute atomic E-state index is 0.388. The van der Waals surface area contributed by atoms with Crippen molar-refractivity contribution in [2.45, 2.75) is 32.4 Å². The van der Waals surface area contributed by atoms with Crippen LogP contribution in [0.2, 0.25) is 12.6 Å². The van der Waals surface area contributed by atoms with Gasteiger partial charge in [-0.05, 0) is 19.1 Å². The summed E-state index contributed by atoms with van der Waals surface area (Å²) >= 11 is 0. The Hall–Kier alpha value is -0.915. The maximum atomic E-state index is 9.28. The van der Waals surface area contributed by atoms with E-state index in [0.717, 1.165) is 6.71 Å². The fourth-order valence-electron chi connectivity index (χ4n) is 2.35. The summed E-state index contributed by atoms with van der Waals surface area (Å²) in [7, 11) is 0. The molecule has 1 N–H and O–H groups in total. The second kappa shape index (κ2) is 3.45. The predicted molar refractivity (Wildman–Crippen MR) is 57.1 cm³/mol. The van der Waals surface area contributed by atoms with Crippen molar-refractivity contribution in [2.24, 2.45) is 0 Å². The van der Waals surface area contributed by atoms with Crippen LogP contribution in [0.5, 0.6) is 5.75 Å². The van der Waals surface area contributed by atoms with E-state index in [-0.39, 0.29) is 0 Å². The van der Waals surface area contributed by atoms with E-state index in [1.54, 1.807) is 6.07 Å². The number of rotatable bonds is 1. The van der Waals surface area contributed by atoms with Crippen LogP contribution in [0.4, 0.5) is 0 Å². The minimum atomic E-state index is 0.388. The van der Waals surface area contributed by atoms with E-state index in [9.17, 15) is 5.11 Å². The molecule has 0 saturated carbocycles. The van der Waals surface area contributed by atoms with Crippen molar-refractivity contribution in [1.82, 2.24) is 0 Å². The van der Waals surface area contributed by atoms with Gasteiger partial charge in [-0.2, -0.15) is 0 Å². The maximum absolute atomic E-state index is 9.28. The second-order valence-electron chi connectivity index (χ2n) is 4.02. The molecule has 0 radical (unpaired) electrons. The van der Waals surface area contributed by atoms with Gasteiger partial charge in [0.15, 0.2) is 6.71 Å². The van der Waals surface area contributed by atoms with Gasteiger partial charge in [0.05, 0.1) is 0 Å². The number of hydrogen-bond acceptors (Lipinski definition) is 1. The van der Waals surface area contributed by atoms with Crippen LogP contribution in [-0.4, -0.2) is 11.8 Å². The molecule has 2 heteroatoms. The van der Waals surface area contributed by atoms with Crippen LogP contribution >= 0.6 is 0 Å². The zero-order valence-corrected chi connectivity index (χ0v) is 8.09. The minimum Gasteiger partial charge on any atom is -0.508 e. The first-order chi connectivity index (χ1) is 6.27. The van der Waals surface area contributed by atoms with Gasteiger partial charge in [0.25, 0.3) is 0 Å². The molecule has 1 fully saturated rings. The molecule has 0 bridgehead atoms. The molecule has 1 aliphatic heterocycles. The van der Waals surface area contributed by atoms with Crippen molar-refractivity contribution >= 4 is 12.2 Å². The molecule has 68 valence electrons. The average molecular weight is 174 g/mol. The highest BCUT2D eigenvalue weighted by Gasteiger charge is 2.22. The van der Waals surface area contributed by atoms with Gasteiger partial charge < -0.3 is 5.11 Å². The van der Waals surface area contributed by atoms with E-state index < -0.39 is 0 Å². The standard InChI is InChI=1S/C11H15BO/c1-9-8-10(13)4-5-11(9)12-6-2-3-7-12/h4-5,8,13H,2-3,6-7H2,1H3. The lowest BCUT2D eigenvalue weighted by atomic mass is 9.43. The first-order valence-electron chi connectivity index (χ1n) is 5.07. The molecule has 0 aliphatic carbocycles. The molecule has 0 atom stereocenters. The molecular weight excluding hydrogens is 159 g/mol. The van der Waals surface area contributed by atoms with Crippen LogP contribution in [0.25, 0.3) is 0 Å². The topological polar surface area (TPSA) is 20.2 Å². The van der Waals surface area contributed by atoms with Crippen LogP contribution in [0, 0.1) is 6.92 Å². The molecule has 13 heavy (non-hydrogen) atoms. The zero-order valence-electron chi connectivity index (χ0n) is 8.09. The third-order valence-electron chi connectivity index (χ3n) is 3.05. The van der Waals surface area contributed by atoms with Crippen molar-refractivity contribution in [3.63, 3.8) is 0 Å². The van der Waals surface area contributed by atoms with Crippen molar-refractivity contribution in [1.29, 1.82) is 0 Å². The SMILES string of the molecule is Cc1cc(O)ccc1B1CCCC1. The molecule has 1 nitrogen and oxygen atoms in total. The van der Waals surface area contributed by atoms with Gasteiger partial charge in [0.2, 0.25) is 0 Å². The van der Waals surface area contributed by atoms with Gasteiger partial charge in [0.1, 0.15) is 5.75 Å². The summed E-state index contributed by atoms with van der Waals surface area (Å²) in [6, 6.07) is 5.76. The summed E-state index contributed by atoms with van der Waals surface area (Å²) in [5.41, 5.74) is 2.68. The molecule has 1 heterocycles. The quantitative estimate of drug-likeness (QED) is 0.647. The predicted octanol–water partition coefficient (Wildman–Crippen LogP) is 2.20. The number of phenols is 1. The van der Waals surface area contributed by atoms with E-state index in [1.807, 2.05) is 6.07 Å². The molecule has 0 spiro atoms. The van der Waals surface area contributed by atoms with E-state index in [1.165, 1.54) is 36.5 Å². The fourth-order valence-corrected chi connectivity index (χ4v) is 2.35. The van der Waals surface area contributed by atoms with E-state index in [2.05, 4.69) is 13.0 Å². The van der Waals surface area contributed by atoms with E-state index >= 15 is 0 Å². The number of aryl methyl sites for hydroxylation is 1.